The van der Waals surface area contributed by atoms with Gasteiger partial charge in [-0.2, -0.15) is 0 Å². The van der Waals surface area contributed by atoms with Gasteiger partial charge < -0.3 is 4.57 Å². The molecule has 1 aliphatic rings. The number of benzene rings is 1. The Morgan fingerprint density at radius 3 is 2.63 bits per heavy atom. The summed E-state index contributed by atoms with van der Waals surface area (Å²) in [5, 5.41) is 12.5. The quantitative estimate of drug-likeness (QED) is 0.692. The number of hydrogen-bond donors (Lipinski definition) is 0. The molecule has 144 valence electrons. The van der Waals surface area contributed by atoms with E-state index in [4.69, 9.17) is 4.98 Å². The maximum absolute atomic E-state index is 4.74. The highest BCUT2D eigenvalue weighted by Gasteiger charge is 2.27. The minimum Gasteiger partial charge on any atom is -0.325 e. The SMILES string of the molecule is CCC(C)(C)n1nnnc1CN1CCC(n2c(C)nc3ccccc32)CC1. The Kier molecular flexibility index (Phi) is 4.72. The van der Waals surface area contributed by atoms with Gasteiger partial charge in [-0.05, 0) is 62.6 Å². The summed E-state index contributed by atoms with van der Waals surface area (Å²) in [7, 11) is 0. The molecule has 0 unspecified atom stereocenters. The molecule has 0 spiro atoms. The molecule has 0 N–H and O–H groups in total. The number of nitrogens with zero attached hydrogens (tertiary/aromatic N) is 7. The van der Waals surface area contributed by atoms with Gasteiger partial charge in [0.15, 0.2) is 5.82 Å². The molecular weight excluding hydrogens is 338 g/mol. The number of piperidine rings is 1. The zero-order valence-corrected chi connectivity index (χ0v) is 16.8. The van der Waals surface area contributed by atoms with Gasteiger partial charge in [-0.3, -0.25) is 4.90 Å². The Labute approximate surface area is 160 Å². The summed E-state index contributed by atoms with van der Waals surface area (Å²) < 4.78 is 4.42. The van der Waals surface area contributed by atoms with E-state index in [-0.39, 0.29) is 5.54 Å². The molecule has 0 bridgehead atoms. The van der Waals surface area contributed by atoms with E-state index in [1.807, 2.05) is 4.68 Å². The molecule has 7 heteroatoms. The second kappa shape index (κ2) is 7.03. The van der Waals surface area contributed by atoms with E-state index < -0.39 is 0 Å². The fourth-order valence-corrected chi connectivity index (χ4v) is 4.09. The molecule has 7 nitrogen and oxygen atoms in total. The van der Waals surface area contributed by atoms with Crippen LogP contribution in [0, 0.1) is 6.92 Å². The highest BCUT2D eigenvalue weighted by atomic mass is 15.6. The van der Waals surface area contributed by atoms with Crippen LogP contribution in [0.4, 0.5) is 0 Å². The Balaban J connectivity index is 1.46. The molecule has 27 heavy (non-hydrogen) atoms. The first-order valence-corrected chi connectivity index (χ1v) is 9.93. The lowest BCUT2D eigenvalue weighted by Gasteiger charge is -2.33. The van der Waals surface area contributed by atoms with Gasteiger partial charge in [-0.1, -0.05) is 19.1 Å². The largest absolute Gasteiger partial charge is 0.325 e. The van der Waals surface area contributed by atoms with Crippen molar-refractivity contribution < 1.29 is 0 Å². The molecule has 1 aliphatic heterocycles. The summed E-state index contributed by atoms with van der Waals surface area (Å²) in [6.07, 6.45) is 3.25. The highest BCUT2D eigenvalue weighted by Crippen LogP contribution is 2.29. The van der Waals surface area contributed by atoms with Crippen LogP contribution < -0.4 is 0 Å². The summed E-state index contributed by atoms with van der Waals surface area (Å²) in [6, 6.07) is 8.96. The first-order chi connectivity index (χ1) is 13.0. The lowest BCUT2D eigenvalue weighted by Crippen LogP contribution is -2.37. The van der Waals surface area contributed by atoms with Crippen molar-refractivity contribution in [2.45, 2.75) is 65.1 Å². The Morgan fingerprint density at radius 1 is 1.15 bits per heavy atom. The van der Waals surface area contributed by atoms with Gasteiger partial charge in [0.2, 0.25) is 0 Å². The number of likely N-dealkylation sites (tertiary alicyclic amines) is 1. The van der Waals surface area contributed by atoms with Crippen LogP contribution in [0.3, 0.4) is 0 Å². The topological polar surface area (TPSA) is 64.7 Å². The Bertz CT molecular complexity index is 915. The van der Waals surface area contributed by atoms with Gasteiger partial charge in [0.1, 0.15) is 5.82 Å². The molecule has 4 rings (SSSR count). The third-order valence-corrected chi connectivity index (χ3v) is 6.03. The number of rotatable bonds is 5. The number of imidazole rings is 1. The van der Waals surface area contributed by atoms with Crippen molar-refractivity contribution in [2.24, 2.45) is 0 Å². The zero-order chi connectivity index (χ0) is 19.0. The smallest absolute Gasteiger partial charge is 0.165 e. The number of hydrogen-bond acceptors (Lipinski definition) is 5. The van der Waals surface area contributed by atoms with Gasteiger partial charge in [0.25, 0.3) is 0 Å². The highest BCUT2D eigenvalue weighted by molar-refractivity contribution is 5.76. The summed E-state index contributed by atoms with van der Waals surface area (Å²) in [4.78, 5) is 7.21. The maximum atomic E-state index is 4.74. The monoisotopic (exact) mass is 367 g/mol. The summed E-state index contributed by atoms with van der Waals surface area (Å²) in [6.45, 7) is 11.6. The molecule has 3 heterocycles. The molecule has 2 aromatic heterocycles. The molecule has 0 saturated carbocycles. The van der Waals surface area contributed by atoms with Crippen molar-refractivity contribution in [1.82, 2.24) is 34.7 Å². The second-order valence-corrected chi connectivity index (χ2v) is 8.20. The fraction of sp³-hybridized carbons (Fsp3) is 0.600. The fourth-order valence-electron chi connectivity index (χ4n) is 4.09. The van der Waals surface area contributed by atoms with E-state index in [1.165, 1.54) is 5.52 Å². The van der Waals surface area contributed by atoms with Crippen molar-refractivity contribution in [3.05, 3.63) is 35.9 Å². The second-order valence-electron chi connectivity index (χ2n) is 8.20. The molecule has 0 amide bonds. The number of para-hydroxylation sites is 2. The van der Waals surface area contributed by atoms with Gasteiger partial charge >= 0.3 is 0 Å². The summed E-state index contributed by atoms with van der Waals surface area (Å²) in [5.41, 5.74) is 2.30. The molecule has 1 aromatic carbocycles. The number of aromatic nitrogens is 6. The van der Waals surface area contributed by atoms with E-state index in [0.717, 1.165) is 56.1 Å². The van der Waals surface area contributed by atoms with Gasteiger partial charge in [-0.15, -0.1) is 5.10 Å². The predicted octanol–water partition coefficient (Wildman–Crippen LogP) is 3.31. The van der Waals surface area contributed by atoms with Crippen LogP contribution in [0.5, 0.6) is 0 Å². The number of tetrazole rings is 1. The Morgan fingerprint density at radius 2 is 1.89 bits per heavy atom. The molecule has 0 atom stereocenters. The van der Waals surface area contributed by atoms with Crippen molar-refractivity contribution >= 4 is 11.0 Å². The van der Waals surface area contributed by atoms with Crippen LogP contribution in [0.1, 0.15) is 57.7 Å². The third kappa shape index (κ3) is 3.36. The van der Waals surface area contributed by atoms with E-state index in [1.54, 1.807) is 0 Å². The minimum atomic E-state index is -0.0516. The van der Waals surface area contributed by atoms with Crippen LogP contribution >= 0.6 is 0 Å². The van der Waals surface area contributed by atoms with Crippen molar-refractivity contribution in [3.8, 4) is 0 Å². The van der Waals surface area contributed by atoms with Crippen LogP contribution in [0.2, 0.25) is 0 Å². The number of fused-ring (bicyclic) bond motifs is 1. The lowest BCUT2D eigenvalue weighted by molar-refractivity contribution is 0.168. The van der Waals surface area contributed by atoms with Gasteiger partial charge in [0.05, 0.1) is 23.1 Å². The van der Waals surface area contributed by atoms with E-state index in [2.05, 4.69) is 77.0 Å². The lowest BCUT2D eigenvalue weighted by atomic mass is 10.0. The maximum Gasteiger partial charge on any atom is 0.165 e. The predicted molar refractivity (Wildman–Crippen MR) is 105 cm³/mol. The van der Waals surface area contributed by atoms with Gasteiger partial charge in [-0.25, -0.2) is 9.67 Å². The van der Waals surface area contributed by atoms with E-state index >= 15 is 0 Å². The van der Waals surface area contributed by atoms with Crippen molar-refractivity contribution in [1.29, 1.82) is 0 Å². The molecule has 0 aliphatic carbocycles. The molecular formula is C20H29N7. The normalized spacial score (nSPS) is 17.0. The first-order valence-electron chi connectivity index (χ1n) is 9.93. The van der Waals surface area contributed by atoms with Crippen molar-refractivity contribution in [3.63, 3.8) is 0 Å². The van der Waals surface area contributed by atoms with Crippen LogP contribution in [-0.2, 0) is 12.1 Å². The molecule has 1 fully saturated rings. The zero-order valence-electron chi connectivity index (χ0n) is 16.8. The van der Waals surface area contributed by atoms with Crippen molar-refractivity contribution in [2.75, 3.05) is 13.1 Å². The van der Waals surface area contributed by atoms with Crippen LogP contribution in [0.15, 0.2) is 24.3 Å². The van der Waals surface area contributed by atoms with Crippen LogP contribution in [0.25, 0.3) is 11.0 Å². The third-order valence-electron chi connectivity index (χ3n) is 6.03. The first kappa shape index (κ1) is 18.1. The van der Waals surface area contributed by atoms with E-state index in [9.17, 15) is 0 Å². The standard InChI is InChI=1S/C20H29N7/c1-5-20(3,4)27-19(22-23-24-27)14-25-12-10-16(11-13-25)26-15(2)21-17-8-6-7-9-18(17)26/h6-9,16H,5,10-14H2,1-4H3. The average Bonchev–Trinajstić information content (AvgIpc) is 3.26. The number of aryl methyl sites for hydroxylation is 1. The summed E-state index contributed by atoms with van der Waals surface area (Å²) in [5.74, 6) is 2.08. The minimum absolute atomic E-state index is 0.0516. The van der Waals surface area contributed by atoms with Crippen LogP contribution in [-0.4, -0.2) is 47.7 Å². The average molecular weight is 368 g/mol. The molecule has 3 aromatic rings. The molecule has 0 radical (unpaired) electrons. The summed E-state index contributed by atoms with van der Waals surface area (Å²) >= 11 is 0. The Hall–Kier alpha value is -2.28. The van der Waals surface area contributed by atoms with Gasteiger partial charge in [0, 0.05) is 19.1 Å². The molecule has 1 saturated heterocycles. The van der Waals surface area contributed by atoms with E-state index in [0.29, 0.717) is 6.04 Å².